The fourth-order valence-corrected chi connectivity index (χ4v) is 3.62. The van der Waals surface area contributed by atoms with E-state index in [4.69, 9.17) is 0 Å². The molecule has 0 atom stereocenters. The lowest BCUT2D eigenvalue weighted by atomic mass is 9.95. The van der Waals surface area contributed by atoms with Gasteiger partial charge in [-0.2, -0.15) is 5.10 Å². The van der Waals surface area contributed by atoms with E-state index in [-0.39, 0.29) is 11.9 Å². The number of amides is 1. The quantitative estimate of drug-likeness (QED) is 0.682. The first-order valence-electron chi connectivity index (χ1n) is 8.94. The number of aromatic amines is 2. The highest BCUT2D eigenvalue weighted by Gasteiger charge is 2.24. The predicted molar refractivity (Wildman–Crippen MR) is 97.5 cm³/mol. The molecule has 6 nitrogen and oxygen atoms in total. The van der Waals surface area contributed by atoms with Crippen molar-refractivity contribution in [1.82, 2.24) is 25.5 Å². The van der Waals surface area contributed by atoms with Gasteiger partial charge in [-0.05, 0) is 44.4 Å². The number of nitrogens with zero attached hydrogens (tertiary/aromatic N) is 2. The third-order valence-electron chi connectivity index (χ3n) is 4.98. The molecule has 1 amide bonds. The molecule has 1 aliphatic carbocycles. The van der Waals surface area contributed by atoms with Crippen LogP contribution in [-0.2, 0) is 0 Å². The van der Waals surface area contributed by atoms with Crippen LogP contribution in [0.5, 0.6) is 0 Å². The van der Waals surface area contributed by atoms with Crippen LogP contribution in [-0.4, -0.2) is 32.1 Å². The second-order valence-corrected chi connectivity index (χ2v) is 6.99. The maximum atomic E-state index is 12.8. The van der Waals surface area contributed by atoms with E-state index in [1.807, 2.05) is 32.0 Å². The predicted octanol–water partition coefficient (Wildman–Crippen LogP) is 3.63. The summed E-state index contributed by atoms with van der Waals surface area (Å²) < 4.78 is 0. The highest BCUT2D eigenvalue weighted by atomic mass is 16.1. The molecule has 1 saturated carbocycles. The Balaban J connectivity index is 1.67. The van der Waals surface area contributed by atoms with Gasteiger partial charge in [0.1, 0.15) is 5.69 Å². The van der Waals surface area contributed by atoms with E-state index in [2.05, 4.69) is 25.5 Å². The van der Waals surface area contributed by atoms with Gasteiger partial charge in [0.15, 0.2) is 5.82 Å². The van der Waals surface area contributed by atoms with Gasteiger partial charge in [0.25, 0.3) is 5.91 Å². The summed E-state index contributed by atoms with van der Waals surface area (Å²) in [5.74, 6) is 0.559. The molecule has 0 radical (unpaired) electrons. The average molecular weight is 337 g/mol. The molecule has 2 aromatic heterocycles. The summed E-state index contributed by atoms with van der Waals surface area (Å²) >= 11 is 0. The zero-order chi connectivity index (χ0) is 17.4. The van der Waals surface area contributed by atoms with Crippen LogP contribution in [0.1, 0.15) is 53.7 Å². The van der Waals surface area contributed by atoms with E-state index in [1.165, 1.54) is 19.3 Å². The molecule has 6 heteroatoms. The first-order chi connectivity index (χ1) is 12.1. The number of H-pyrrole nitrogens is 2. The molecular formula is C19H23N5O. The minimum atomic E-state index is -0.0650. The molecule has 4 rings (SSSR count). The van der Waals surface area contributed by atoms with Crippen molar-refractivity contribution in [2.75, 3.05) is 0 Å². The first-order valence-corrected chi connectivity index (χ1v) is 8.94. The van der Waals surface area contributed by atoms with Gasteiger partial charge in [-0.15, -0.1) is 0 Å². The normalized spacial score (nSPS) is 15.6. The van der Waals surface area contributed by atoms with Crippen LogP contribution in [0.15, 0.2) is 18.2 Å². The zero-order valence-electron chi connectivity index (χ0n) is 14.6. The summed E-state index contributed by atoms with van der Waals surface area (Å²) in [6, 6.07) is 6.32. The minimum absolute atomic E-state index is 0.0650. The number of imidazole rings is 1. The second kappa shape index (κ2) is 6.35. The van der Waals surface area contributed by atoms with E-state index in [1.54, 1.807) is 0 Å². The molecule has 130 valence electrons. The van der Waals surface area contributed by atoms with Crippen LogP contribution < -0.4 is 5.32 Å². The third kappa shape index (κ3) is 3.04. The number of carbonyl (C=O) groups excluding carboxylic acids is 1. The Morgan fingerprint density at radius 3 is 2.80 bits per heavy atom. The number of hydrogen-bond acceptors (Lipinski definition) is 3. The number of fused-ring (bicyclic) bond motifs is 1. The number of rotatable bonds is 3. The van der Waals surface area contributed by atoms with E-state index in [9.17, 15) is 4.79 Å². The lowest BCUT2D eigenvalue weighted by molar-refractivity contribution is 0.0928. The van der Waals surface area contributed by atoms with Crippen molar-refractivity contribution < 1.29 is 4.79 Å². The largest absolute Gasteiger partial charge is 0.349 e. The maximum absolute atomic E-state index is 12.8. The lowest BCUT2D eigenvalue weighted by Gasteiger charge is -2.22. The summed E-state index contributed by atoms with van der Waals surface area (Å²) in [6.45, 7) is 3.92. The Morgan fingerprint density at radius 1 is 1.20 bits per heavy atom. The smallest absolute Gasteiger partial charge is 0.255 e. The highest BCUT2D eigenvalue weighted by molar-refractivity contribution is 6.01. The fraction of sp³-hybridized carbons (Fsp3) is 0.421. The standard InChI is InChI=1S/C19H23N5O/c1-11-8-9-14-15(10-11)22-18(21-14)17-16(12(2)23-24-17)19(25)20-13-6-4-3-5-7-13/h8-10,13H,3-7H2,1-2H3,(H,20,25)(H,21,22)(H,23,24). The molecule has 0 bridgehead atoms. The van der Waals surface area contributed by atoms with Crippen molar-refractivity contribution in [2.45, 2.75) is 52.0 Å². The average Bonchev–Trinajstić information content (AvgIpc) is 3.18. The molecule has 0 saturated heterocycles. The summed E-state index contributed by atoms with van der Waals surface area (Å²) in [5, 5.41) is 10.5. The molecule has 0 aliphatic heterocycles. The molecule has 25 heavy (non-hydrogen) atoms. The topological polar surface area (TPSA) is 86.5 Å². The van der Waals surface area contributed by atoms with Gasteiger partial charge in [-0.25, -0.2) is 4.98 Å². The molecule has 0 unspecified atom stereocenters. The monoisotopic (exact) mass is 337 g/mol. The van der Waals surface area contributed by atoms with Crippen LogP contribution in [0.4, 0.5) is 0 Å². The Labute approximate surface area is 146 Å². The lowest BCUT2D eigenvalue weighted by Crippen LogP contribution is -2.36. The van der Waals surface area contributed by atoms with Gasteiger partial charge in [-0.3, -0.25) is 9.89 Å². The molecule has 2 heterocycles. The molecule has 1 fully saturated rings. The van der Waals surface area contributed by atoms with Gasteiger partial charge in [-0.1, -0.05) is 25.3 Å². The summed E-state index contributed by atoms with van der Waals surface area (Å²) in [7, 11) is 0. The van der Waals surface area contributed by atoms with E-state index < -0.39 is 0 Å². The van der Waals surface area contributed by atoms with Crippen molar-refractivity contribution in [3.05, 3.63) is 35.0 Å². The fourth-order valence-electron chi connectivity index (χ4n) is 3.62. The van der Waals surface area contributed by atoms with Crippen molar-refractivity contribution in [3.63, 3.8) is 0 Å². The van der Waals surface area contributed by atoms with Crippen molar-refractivity contribution >= 4 is 16.9 Å². The van der Waals surface area contributed by atoms with Gasteiger partial charge in [0, 0.05) is 11.7 Å². The molecule has 0 spiro atoms. The zero-order valence-corrected chi connectivity index (χ0v) is 14.6. The Hall–Kier alpha value is -2.63. The Morgan fingerprint density at radius 2 is 2.00 bits per heavy atom. The van der Waals surface area contributed by atoms with Crippen LogP contribution in [0.25, 0.3) is 22.6 Å². The van der Waals surface area contributed by atoms with Crippen molar-refractivity contribution in [1.29, 1.82) is 0 Å². The Kier molecular flexibility index (Phi) is 4.03. The molecule has 1 aliphatic rings. The number of aryl methyl sites for hydroxylation is 2. The first kappa shape index (κ1) is 15.9. The van der Waals surface area contributed by atoms with E-state index in [0.29, 0.717) is 17.1 Å². The number of carbonyl (C=O) groups is 1. The van der Waals surface area contributed by atoms with Crippen molar-refractivity contribution in [2.24, 2.45) is 0 Å². The number of benzene rings is 1. The van der Waals surface area contributed by atoms with Crippen LogP contribution >= 0.6 is 0 Å². The second-order valence-electron chi connectivity index (χ2n) is 6.99. The van der Waals surface area contributed by atoms with Gasteiger partial charge < -0.3 is 10.3 Å². The molecular weight excluding hydrogens is 314 g/mol. The van der Waals surface area contributed by atoms with Gasteiger partial charge in [0.05, 0.1) is 16.6 Å². The highest BCUT2D eigenvalue weighted by Crippen LogP contribution is 2.25. The minimum Gasteiger partial charge on any atom is -0.349 e. The SMILES string of the molecule is Cc1ccc2nc(-c3n[nH]c(C)c3C(=O)NC3CCCCC3)[nH]c2c1. The molecule has 3 N–H and O–H groups in total. The van der Waals surface area contributed by atoms with Crippen LogP contribution in [0.2, 0.25) is 0 Å². The summed E-state index contributed by atoms with van der Waals surface area (Å²) in [4.78, 5) is 20.7. The van der Waals surface area contributed by atoms with Crippen LogP contribution in [0, 0.1) is 13.8 Å². The maximum Gasteiger partial charge on any atom is 0.255 e. The van der Waals surface area contributed by atoms with Crippen LogP contribution in [0.3, 0.4) is 0 Å². The number of hydrogen-bond donors (Lipinski definition) is 3. The van der Waals surface area contributed by atoms with E-state index >= 15 is 0 Å². The van der Waals surface area contributed by atoms with Crippen molar-refractivity contribution in [3.8, 4) is 11.5 Å². The van der Waals surface area contributed by atoms with E-state index in [0.717, 1.165) is 35.1 Å². The summed E-state index contributed by atoms with van der Waals surface area (Å²) in [5.41, 5.74) is 4.92. The number of aromatic nitrogens is 4. The Bertz CT molecular complexity index is 917. The van der Waals surface area contributed by atoms with Gasteiger partial charge >= 0.3 is 0 Å². The summed E-state index contributed by atoms with van der Waals surface area (Å²) in [6.07, 6.45) is 5.75. The third-order valence-corrected chi connectivity index (χ3v) is 4.98. The number of nitrogens with one attached hydrogen (secondary N) is 3. The molecule has 1 aromatic carbocycles. The van der Waals surface area contributed by atoms with Gasteiger partial charge in [0.2, 0.25) is 0 Å². The molecule has 3 aromatic rings.